The largest absolute Gasteiger partial charge is 0.497 e. The summed E-state index contributed by atoms with van der Waals surface area (Å²) in [5.74, 6) is 1.53. The van der Waals surface area contributed by atoms with Gasteiger partial charge in [-0.15, -0.1) is 0 Å². The minimum atomic E-state index is -1.58. The lowest BCUT2D eigenvalue weighted by Gasteiger charge is -2.25. The highest BCUT2D eigenvalue weighted by Gasteiger charge is 2.23. The summed E-state index contributed by atoms with van der Waals surface area (Å²) in [6.45, 7) is 9.51. The molecule has 0 amide bonds. The van der Waals surface area contributed by atoms with Gasteiger partial charge >= 0.3 is 5.97 Å². The van der Waals surface area contributed by atoms with Gasteiger partial charge in [-0.3, -0.25) is 0 Å². The van der Waals surface area contributed by atoms with E-state index in [1.165, 1.54) is 0 Å². The Morgan fingerprint density at radius 1 is 0.929 bits per heavy atom. The second kappa shape index (κ2) is 10.4. The van der Waals surface area contributed by atoms with Gasteiger partial charge in [-0.1, -0.05) is 0 Å². The first-order valence-corrected chi connectivity index (χ1v) is 14.9. The van der Waals surface area contributed by atoms with Gasteiger partial charge in [0.1, 0.15) is 17.2 Å². The maximum Gasteiger partial charge on any atom is 0.343 e. The summed E-state index contributed by atoms with van der Waals surface area (Å²) in [6, 6.07) is 15.0. The monoisotopic (exact) mass is 417 g/mol. The minimum Gasteiger partial charge on any atom is -0.497 e. The van der Waals surface area contributed by atoms with E-state index in [1.807, 2.05) is 0 Å². The fraction of sp³-hybridized carbons (Fsp3) is 0.381. The summed E-state index contributed by atoms with van der Waals surface area (Å²) in [4.78, 5) is 12.2. The number of methoxy groups -OCH3 is 1. The summed E-state index contributed by atoms with van der Waals surface area (Å²) in [5.41, 5.74) is 0.477. The van der Waals surface area contributed by atoms with Crippen LogP contribution in [0, 0.1) is 0 Å². The number of benzene rings is 2. The molecule has 7 heteroatoms. The van der Waals surface area contributed by atoms with Crippen LogP contribution >= 0.6 is 0 Å². The third kappa shape index (κ3) is 7.49. The van der Waals surface area contributed by atoms with Gasteiger partial charge in [0.15, 0.2) is 17.4 Å². The number of carbonyl (C=O) groups is 1. The first kappa shape index (κ1) is 22.2. The van der Waals surface area contributed by atoms with E-state index in [9.17, 15) is 4.79 Å². The first-order chi connectivity index (χ1) is 13.3. The smallest absolute Gasteiger partial charge is 0.343 e. The van der Waals surface area contributed by atoms with Crippen molar-refractivity contribution >= 4 is 23.3 Å². The molecule has 151 valence electrons. The van der Waals surface area contributed by atoms with Gasteiger partial charge in [-0.25, -0.2) is 4.79 Å². The standard InChI is InChI=1S/C21H29O5Si2/c1-23-18-11-13-20(14-12-18)25-21(22)17-7-9-19(10-8-17)24-15-6-16-28(4,5)26-27(2)3/h7-14H,6,15-16H2,1-5H3. The van der Waals surface area contributed by atoms with E-state index in [1.54, 1.807) is 55.6 Å². The van der Waals surface area contributed by atoms with Gasteiger partial charge in [0.2, 0.25) is 0 Å². The Kier molecular flexibility index (Phi) is 8.28. The zero-order valence-corrected chi connectivity index (χ0v) is 19.3. The van der Waals surface area contributed by atoms with E-state index in [-0.39, 0.29) is 0 Å². The topological polar surface area (TPSA) is 54.0 Å². The lowest BCUT2D eigenvalue weighted by molar-refractivity contribution is 0.0734. The molecule has 2 aromatic carbocycles. The molecule has 0 saturated carbocycles. The van der Waals surface area contributed by atoms with Gasteiger partial charge in [-0.05, 0) is 87.2 Å². The summed E-state index contributed by atoms with van der Waals surface area (Å²) in [7, 11) is -0.632. The van der Waals surface area contributed by atoms with Gasteiger partial charge in [0.25, 0.3) is 0 Å². The van der Waals surface area contributed by atoms with E-state index >= 15 is 0 Å². The highest BCUT2D eigenvalue weighted by molar-refractivity contribution is 6.77. The normalized spacial score (nSPS) is 11.4. The summed E-state index contributed by atoms with van der Waals surface area (Å²) in [5, 5.41) is 0. The average molecular weight is 418 g/mol. The van der Waals surface area contributed by atoms with Crippen LogP contribution in [0.1, 0.15) is 16.8 Å². The molecule has 0 aliphatic rings. The number of hydrogen-bond donors (Lipinski definition) is 0. The molecule has 5 nitrogen and oxygen atoms in total. The van der Waals surface area contributed by atoms with Crippen LogP contribution in [0.15, 0.2) is 48.5 Å². The van der Waals surface area contributed by atoms with Crippen molar-refractivity contribution < 1.29 is 23.1 Å². The molecular formula is C21H29O5Si2. The Hall–Kier alpha value is -2.10. The van der Waals surface area contributed by atoms with Crippen LogP contribution in [-0.4, -0.2) is 37.0 Å². The van der Waals surface area contributed by atoms with Crippen molar-refractivity contribution in [3.63, 3.8) is 0 Å². The van der Waals surface area contributed by atoms with Crippen molar-refractivity contribution in [3.8, 4) is 17.2 Å². The maximum absolute atomic E-state index is 12.2. The third-order valence-electron chi connectivity index (χ3n) is 4.03. The molecule has 0 spiro atoms. The van der Waals surface area contributed by atoms with E-state index < -0.39 is 23.3 Å². The van der Waals surface area contributed by atoms with Crippen LogP contribution in [0.25, 0.3) is 0 Å². The first-order valence-electron chi connectivity index (χ1n) is 9.37. The van der Waals surface area contributed by atoms with Gasteiger partial charge in [0, 0.05) is 0 Å². The molecule has 0 aromatic heterocycles. The minimum absolute atomic E-state index is 0.404. The fourth-order valence-electron chi connectivity index (χ4n) is 2.79. The Morgan fingerprint density at radius 2 is 1.50 bits per heavy atom. The molecule has 0 aliphatic heterocycles. The van der Waals surface area contributed by atoms with Crippen molar-refractivity contribution in [2.24, 2.45) is 0 Å². The SMILES string of the molecule is COc1ccc(OC(=O)c2ccc(OCCC[Si](C)(C)O[Si](C)C)cc2)cc1. The predicted molar refractivity (Wildman–Crippen MR) is 115 cm³/mol. The Balaban J connectivity index is 1.79. The van der Waals surface area contributed by atoms with Gasteiger partial charge < -0.3 is 18.3 Å². The van der Waals surface area contributed by atoms with Crippen LogP contribution in [0.5, 0.6) is 17.2 Å². The molecule has 2 aromatic rings. The molecule has 1 radical (unpaired) electrons. The van der Waals surface area contributed by atoms with Crippen LogP contribution in [0.3, 0.4) is 0 Å². The molecule has 0 saturated heterocycles. The second-order valence-electron chi connectivity index (χ2n) is 7.31. The number of rotatable bonds is 10. The van der Waals surface area contributed by atoms with E-state index in [2.05, 4.69) is 26.2 Å². The zero-order valence-electron chi connectivity index (χ0n) is 17.3. The number of esters is 1. The van der Waals surface area contributed by atoms with Gasteiger partial charge in [0.05, 0.1) is 19.3 Å². The van der Waals surface area contributed by atoms with Crippen molar-refractivity contribution in [3.05, 3.63) is 54.1 Å². The molecule has 0 aliphatic carbocycles. The lowest BCUT2D eigenvalue weighted by Crippen LogP contribution is -2.35. The number of hydrogen-bond acceptors (Lipinski definition) is 5. The van der Waals surface area contributed by atoms with Crippen molar-refractivity contribution in [1.82, 2.24) is 0 Å². The molecular weight excluding hydrogens is 388 g/mol. The lowest BCUT2D eigenvalue weighted by atomic mass is 10.2. The molecule has 0 bridgehead atoms. The molecule has 0 fully saturated rings. The summed E-state index contributed by atoms with van der Waals surface area (Å²) in [6.07, 6.45) is 0.968. The van der Waals surface area contributed by atoms with E-state index in [0.717, 1.165) is 18.2 Å². The van der Waals surface area contributed by atoms with Crippen LogP contribution in [0.4, 0.5) is 0 Å². The second-order valence-corrected chi connectivity index (χ2v) is 14.0. The molecule has 0 atom stereocenters. The highest BCUT2D eigenvalue weighted by Crippen LogP contribution is 2.20. The van der Waals surface area contributed by atoms with Crippen molar-refractivity contribution in [1.29, 1.82) is 0 Å². The van der Waals surface area contributed by atoms with Crippen molar-refractivity contribution in [2.75, 3.05) is 13.7 Å². The Labute approximate surface area is 170 Å². The number of carbonyl (C=O) groups excluding carboxylic acids is 1. The molecule has 2 rings (SSSR count). The Bertz CT molecular complexity index is 742. The van der Waals surface area contributed by atoms with Crippen LogP contribution in [-0.2, 0) is 4.12 Å². The summed E-state index contributed by atoms with van der Waals surface area (Å²) < 4.78 is 22.4. The molecule has 28 heavy (non-hydrogen) atoms. The van der Waals surface area contributed by atoms with Crippen LogP contribution < -0.4 is 14.2 Å². The maximum atomic E-state index is 12.2. The average Bonchev–Trinajstić information content (AvgIpc) is 2.65. The van der Waals surface area contributed by atoms with Gasteiger partial charge in [-0.2, -0.15) is 0 Å². The molecule has 0 heterocycles. The number of ether oxygens (including phenoxy) is 3. The fourth-order valence-corrected chi connectivity index (χ4v) is 8.61. The van der Waals surface area contributed by atoms with Crippen LogP contribution in [0.2, 0.25) is 32.2 Å². The quantitative estimate of drug-likeness (QED) is 0.231. The summed E-state index contributed by atoms with van der Waals surface area (Å²) >= 11 is 0. The molecule has 0 unspecified atom stereocenters. The zero-order chi connectivity index (χ0) is 20.6. The van der Waals surface area contributed by atoms with E-state index in [0.29, 0.717) is 23.7 Å². The molecule has 0 N–H and O–H groups in total. The highest BCUT2D eigenvalue weighted by atomic mass is 28.4. The Morgan fingerprint density at radius 3 is 2.07 bits per heavy atom. The predicted octanol–water partition coefficient (Wildman–Crippen LogP) is 5.16. The third-order valence-corrected chi connectivity index (χ3v) is 9.43. The van der Waals surface area contributed by atoms with Crippen molar-refractivity contribution in [2.45, 2.75) is 38.7 Å². The van der Waals surface area contributed by atoms with E-state index in [4.69, 9.17) is 18.3 Å².